The topological polar surface area (TPSA) is 0 Å². The lowest BCUT2D eigenvalue weighted by atomic mass is 9.99. The maximum atomic E-state index is 2.87. The summed E-state index contributed by atoms with van der Waals surface area (Å²) in [7, 11) is -1.11. The zero-order valence-electron chi connectivity index (χ0n) is 36.9. The van der Waals surface area contributed by atoms with Crippen LogP contribution in [0.5, 0.6) is 0 Å². The molecule has 0 N–H and O–H groups in total. The first kappa shape index (κ1) is 43.7. The molecule has 0 nitrogen and oxygen atoms in total. The zero-order chi connectivity index (χ0) is 38.5. The second-order valence-electron chi connectivity index (χ2n) is 19.5. The second kappa shape index (κ2) is 20.4. The fourth-order valence-electron chi connectivity index (χ4n) is 11.9. The molecule has 4 fully saturated rings. The quantitative estimate of drug-likeness (QED) is 0.177. The van der Waals surface area contributed by atoms with Gasteiger partial charge in [-0.25, -0.2) is 0 Å². The molecule has 0 amide bonds. The van der Waals surface area contributed by atoms with Crippen molar-refractivity contribution in [3.63, 3.8) is 0 Å². The third kappa shape index (κ3) is 10.1. The highest BCUT2D eigenvalue weighted by molar-refractivity contribution is 7.70. The van der Waals surface area contributed by atoms with Crippen LogP contribution >= 0.6 is 31.7 Å². The summed E-state index contributed by atoms with van der Waals surface area (Å²) in [6.07, 6.45) is 29.5. The van der Waals surface area contributed by atoms with E-state index >= 15 is 0 Å². The van der Waals surface area contributed by atoms with Crippen LogP contribution in [0.1, 0.15) is 195 Å². The highest BCUT2D eigenvalue weighted by Crippen LogP contribution is 2.61. The van der Waals surface area contributed by atoms with Gasteiger partial charge in [0.15, 0.2) is 0 Å². The first-order chi connectivity index (χ1) is 26.0. The Bertz CT molecular complexity index is 1300. The number of hydrogen-bond donors (Lipinski definition) is 0. The molecule has 0 saturated heterocycles. The van der Waals surface area contributed by atoms with Gasteiger partial charge in [0.1, 0.15) is 0 Å². The van der Waals surface area contributed by atoms with Crippen LogP contribution in [0.2, 0.25) is 0 Å². The molecule has 0 bridgehead atoms. The molecule has 2 aromatic carbocycles. The molecule has 0 aliphatic heterocycles. The normalized spacial score (nSPS) is 20.7. The van der Waals surface area contributed by atoms with Gasteiger partial charge in [0.05, 0.1) is 0 Å². The van der Waals surface area contributed by atoms with Gasteiger partial charge in [-0.15, -0.1) is 0 Å². The summed E-state index contributed by atoms with van der Waals surface area (Å²) in [4.78, 5) is 0. The molecule has 4 aliphatic rings. The Morgan fingerprint density at radius 3 is 0.796 bits per heavy atom. The summed E-state index contributed by atoms with van der Waals surface area (Å²) in [5.74, 6) is 0. The molecule has 4 aliphatic carbocycles. The highest BCUT2D eigenvalue weighted by atomic mass is 31.1. The predicted molar refractivity (Wildman–Crippen MR) is 256 cm³/mol. The lowest BCUT2D eigenvalue weighted by molar-refractivity contribution is 0.487. The summed E-state index contributed by atoms with van der Waals surface area (Å²) >= 11 is 0. The monoisotopic (exact) mass is 807 g/mol. The van der Waals surface area contributed by atoms with Crippen molar-refractivity contribution in [1.82, 2.24) is 0 Å². The summed E-state index contributed by atoms with van der Waals surface area (Å²) in [5.41, 5.74) is 13.3. The van der Waals surface area contributed by atoms with Crippen molar-refractivity contribution in [3.8, 4) is 11.1 Å². The van der Waals surface area contributed by atoms with Crippen LogP contribution < -0.4 is 21.2 Å². The van der Waals surface area contributed by atoms with Crippen LogP contribution in [-0.2, 0) is 0 Å². The first-order valence-electron chi connectivity index (χ1n) is 23.4. The van der Waals surface area contributed by atoms with Gasteiger partial charge in [-0.1, -0.05) is 188 Å². The van der Waals surface area contributed by atoms with Gasteiger partial charge >= 0.3 is 0 Å². The molecule has 0 heterocycles. The largest absolute Gasteiger partial charge is 0.0694 e. The number of benzene rings is 2. The second-order valence-corrected chi connectivity index (χ2v) is 31.8. The molecule has 4 heteroatoms. The first-order valence-corrected chi connectivity index (χ1v) is 29.3. The van der Waals surface area contributed by atoms with E-state index in [0.717, 1.165) is 22.6 Å². The summed E-state index contributed by atoms with van der Waals surface area (Å²) in [6.45, 7) is 25.7. The summed E-state index contributed by atoms with van der Waals surface area (Å²) in [6, 6.07) is 11.3. The minimum atomic E-state index is -0.316. The molecule has 0 spiro atoms. The maximum Gasteiger partial charge on any atom is -0.00165 e. The maximum absolute atomic E-state index is 2.87. The molecule has 4 saturated carbocycles. The van der Waals surface area contributed by atoms with E-state index in [2.05, 4.69) is 93.5 Å². The lowest BCUT2D eigenvalue weighted by Gasteiger charge is -2.44. The summed E-state index contributed by atoms with van der Waals surface area (Å²) < 4.78 is 0. The molecule has 0 radical (unpaired) electrons. The SMILES string of the molecule is Cc1cc(P(C(C)C)C(C)C)c(-c2c(P(C(C)C)C(C)C)cc(C)cc2P(C2CCCCC2)C2CCCCC2)c(P(C2CCCCC2)C2CCCCC2)c1. The summed E-state index contributed by atoms with van der Waals surface area (Å²) in [5, 5.41) is 7.51. The van der Waals surface area contributed by atoms with E-state index in [-0.39, 0.29) is 31.7 Å². The van der Waals surface area contributed by atoms with Gasteiger partial charge in [-0.3, -0.25) is 0 Å². The van der Waals surface area contributed by atoms with Crippen molar-refractivity contribution in [2.75, 3.05) is 0 Å². The Morgan fingerprint density at radius 2 is 0.574 bits per heavy atom. The van der Waals surface area contributed by atoms with Crippen molar-refractivity contribution in [2.24, 2.45) is 0 Å². The van der Waals surface area contributed by atoms with Gasteiger partial charge < -0.3 is 0 Å². The van der Waals surface area contributed by atoms with Crippen LogP contribution in [0.3, 0.4) is 0 Å². The third-order valence-corrected chi connectivity index (χ3v) is 27.2. The van der Waals surface area contributed by atoms with Gasteiger partial charge in [-0.05, 0) is 154 Å². The average molecular weight is 807 g/mol. The molecular formula is C50H82P4. The molecule has 0 atom stereocenters. The molecule has 0 aromatic heterocycles. The smallest absolute Gasteiger partial charge is 0.00165 e. The predicted octanol–water partition coefficient (Wildman–Crippen LogP) is 15.4. The Labute approximate surface area is 340 Å². The van der Waals surface area contributed by atoms with Crippen molar-refractivity contribution < 1.29 is 0 Å². The Morgan fingerprint density at radius 1 is 0.352 bits per heavy atom. The van der Waals surface area contributed by atoms with E-state index in [1.165, 1.54) is 128 Å². The molecule has 302 valence electrons. The molecule has 2 aromatic rings. The third-order valence-electron chi connectivity index (χ3n) is 13.9. The standard InChI is InChI=1S/C50H82P4/c1-35(2)51(36(3)4)45-31-39(9)33-47(53(41-23-15-11-16-24-41)42-25-17-12-18-26-42)49(45)50-46(52(37(5)6)38(7)8)32-40(10)34-48(50)54(43-27-19-13-20-28-43)44-29-21-14-22-30-44/h31-38,41-44H,11-30H2,1-10H3. The van der Waals surface area contributed by atoms with Crippen LogP contribution in [-0.4, -0.2) is 45.3 Å². The highest BCUT2D eigenvalue weighted by Gasteiger charge is 2.41. The minimum absolute atomic E-state index is 0.238. The van der Waals surface area contributed by atoms with Gasteiger partial charge in [0.2, 0.25) is 0 Å². The van der Waals surface area contributed by atoms with Crippen molar-refractivity contribution in [1.29, 1.82) is 0 Å². The average Bonchev–Trinajstić information content (AvgIpc) is 3.14. The molecule has 0 unspecified atom stereocenters. The van der Waals surface area contributed by atoms with E-state index in [4.69, 9.17) is 0 Å². The van der Waals surface area contributed by atoms with Crippen molar-refractivity contribution in [2.45, 2.75) is 243 Å². The number of aryl methyl sites for hydroxylation is 2. The van der Waals surface area contributed by atoms with Crippen LogP contribution in [0.15, 0.2) is 24.3 Å². The Hall–Kier alpha value is 0.160. The van der Waals surface area contributed by atoms with Crippen LogP contribution in [0.4, 0.5) is 0 Å². The van der Waals surface area contributed by atoms with Crippen molar-refractivity contribution >= 4 is 52.9 Å². The van der Waals surface area contributed by atoms with Gasteiger partial charge in [-0.2, -0.15) is 0 Å². The minimum Gasteiger partial charge on any atom is -0.0694 e. The van der Waals surface area contributed by atoms with E-state index in [1.54, 1.807) is 11.1 Å². The zero-order valence-corrected chi connectivity index (χ0v) is 40.4. The van der Waals surface area contributed by atoms with Crippen LogP contribution in [0.25, 0.3) is 11.1 Å². The molecular weight excluding hydrogens is 724 g/mol. The molecule has 54 heavy (non-hydrogen) atoms. The lowest BCUT2D eigenvalue weighted by Crippen LogP contribution is -2.36. The fourth-order valence-corrected chi connectivity index (χ4v) is 26.6. The molecule has 6 rings (SSSR count). The number of hydrogen-bond acceptors (Lipinski definition) is 0. The van der Waals surface area contributed by atoms with Gasteiger partial charge in [0, 0.05) is 0 Å². The van der Waals surface area contributed by atoms with Gasteiger partial charge in [0.25, 0.3) is 0 Å². The Balaban J connectivity index is 1.76. The van der Waals surface area contributed by atoms with E-state index in [1.807, 2.05) is 32.3 Å². The fraction of sp³-hybridized carbons (Fsp3) is 0.760. The van der Waals surface area contributed by atoms with E-state index in [9.17, 15) is 0 Å². The van der Waals surface area contributed by atoms with Crippen LogP contribution in [0, 0.1) is 13.8 Å². The Kier molecular flexibility index (Phi) is 16.5. The van der Waals surface area contributed by atoms with E-state index < -0.39 is 0 Å². The van der Waals surface area contributed by atoms with E-state index in [0.29, 0.717) is 22.6 Å². The number of rotatable bonds is 13. The van der Waals surface area contributed by atoms with Crippen molar-refractivity contribution in [3.05, 3.63) is 35.4 Å².